The Morgan fingerprint density at radius 3 is 2.12 bits per heavy atom. The maximum atomic E-state index is 13.0. The summed E-state index contributed by atoms with van der Waals surface area (Å²) in [5.41, 5.74) is 6.91. The Morgan fingerprint density at radius 2 is 1.41 bits per heavy atom. The van der Waals surface area contributed by atoms with Gasteiger partial charge < -0.3 is 10.3 Å². The Bertz CT molecular complexity index is 1450. The number of nitrogens with one attached hydrogen (secondary N) is 2. The second-order valence-electron chi connectivity index (χ2n) is 8.14. The van der Waals surface area contributed by atoms with Crippen LogP contribution in [-0.4, -0.2) is 17.4 Å². The second kappa shape index (κ2) is 9.76. The number of rotatable bonds is 6. The van der Waals surface area contributed by atoms with E-state index in [4.69, 9.17) is 23.2 Å². The van der Waals surface area contributed by atoms with E-state index >= 15 is 0 Å². The molecule has 168 valence electrons. The molecule has 0 saturated heterocycles. The van der Waals surface area contributed by atoms with E-state index in [-0.39, 0.29) is 5.91 Å². The molecule has 5 rings (SSSR count). The van der Waals surface area contributed by atoms with Crippen molar-refractivity contribution in [3.8, 4) is 22.3 Å². The van der Waals surface area contributed by atoms with Crippen molar-refractivity contribution in [1.29, 1.82) is 0 Å². The van der Waals surface area contributed by atoms with Gasteiger partial charge in [-0.25, -0.2) is 0 Å². The van der Waals surface area contributed by atoms with E-state index in [2.05, 4.69) is 22.4 Å². The van der Waals surface area contributed by atoms with Gasteiger partial charge in [-0.2, -0.15) is 0 Å². The fraction of sp³-hybridized carbons (Fsp3) is 0.0690. The Labute approximate surface area is 208 Å². The van der Waals surface area contributed by atoms with Gasteiger partial charge in [-0.05, 0) is 76.7 Å². The van der Waals surface area contributed by atoms with Crippen molar-refractivity contribution in [3.05, 3.63) is 118 Å². The van der Waals surface area contributed by atoms with Crippen LogP contribution >= 0.6 is 23.2 Å². The molecular formula is C29H22Cl2N2O. The van der Waals surface area contributed by atoms with Crippen LogP contribution in [0.25, 0.3) is 33.2 Å². The van der Waals surface area contributed by atoms with Crippen LogP contribution in [0.15, 0.2) is 97.2 Å². The quantitative estimate of drug-likeness (QED) is 0.253. The molecule has 0 bridgehead atoms. The summed E-state index contributed by atoms with van der Waals surface area (Å²) >= 11 is 12.2. The van der Waals surface area contributed by atoms with Crippen LogP contribution in [0.4, 0.5) is 0 Å². The van der Waals surface area contributed by atoms with E-state index in [1.807, 2.05) is 85.1 Å². The molecule has 1 heterocycles. The van der Waals surface area contributed by atoms with Gasteiger partial charge in [0.25, 0.3) is 5.91 Å². The van der Waals surface area contributed by atoms with E-state index < -0.39 is 0 Å². The lowest BCUT2D eigenvalue weighted by atomic mass is 9.92. The summed E-state index contributed by atoms with van der Waals surface area (Å²) in [6.07, 6.45) is 2.76. The molecule has 2 N–H and O–H groups in total. The summed E-state index contributed by atoms with van der Waals surface area (Å²) in [6, 6.07) is 29.3. The summed E-state index contributed by atoms with van der Waals surface area (Å²) < 4.78 is 0. The molecule has 0 saturated carbocycles. The third kappa shape index (κ3) is 4.72. The number of hydrogen-bond donors (Lipinski definition) is 2. The summed E-state index contributed by atoms with van der Waals surface area (Å²) in [5.74, 6) is -0.0993. The van der Waals surface area contributed by atoms with E-state index in [9.17, 15) is 4.79 Å². The number of amides is 1. The first kappa shape index (κ1) is 22.3. The predicted molar refractivity (Wildman–Crippen MR) is 142 cm³/mol. The van der Waals surface area contributed by atoms with Gasteiger partial charge in [-0.1, -0.05) is 71.7 Å². The van der Waals surface area contributed by atoms with Crippen LogP contribution in [0.1, 0.15) is 15.9 Å². The molecule has 34 heavy (non-hydrogen) atoms. The average molecular weight is 485 g/mol. The van der Waals surface area contributed by atoms with Gasteiger partial charge in [0, 0.05) is 39.3 Å². The Kier molecular flexibility index (Phi) is 6.39. The maximum Gasteiger partial charge on any atom is 0.251 e. The van der Waals surface area contributed by atoms with Crippen LogP contribution in [0.5, 0.6) is 0 Å². The van der Waals surface area contributed by atoms with E-state index in [1.54, 1.807) is 0 Å². The summed E-state index contributed by atoms with van der Waals surface area (Å²) in [7, 11) is 0. The van der Waals surface area contributed by atoms with Crippen molar-refractivity contribution < 1.29 is 4.79 Å². The monoisotopic (exact) mass is 484 g/mol. The minimum absolute atomic E-state index is 0.0993. The third-order valence-electron chi connectivity index (χ3n) is 5.95. The minimum atomic E-state index is -0.0993. The fourth-order valence-corrected chi connectivity index (χ4v) is 4.44. The Hall–Kier alpha value is -3.53. The van der Waals surface area contributed by atoms with Gasteiger partial charge in [-0.15, -0.1) is 0 Å². The SMILES string of the molecule is O=C(NCCc1c[nH]c2ccccc12)c1ccc(-c2ccc(Cl)cc2)c(-c2ccc(Cl)cc2)c1. The zero-order valence-electron chi connectivity index (χ0n) is 18.3. The lowest BCUT2D eigenvalue weighted by Crippen LogP contribution is -2.25. The molecule has 4 aromatic carbocycles. The number of hydrogen-bond acceptors (Lipinski definition) is 1. The maximum absolute atomic E-state index is 13.0. The highest BCUT2D eigenvalue weighted by atomic mass is 35.5. The number of aromatic amines is 1. The van der Waals surface area contributed by atoms with Crippen molar-refractivity contribution in [2.45, 2.75) is 6.42 Å². The lowest BCUT2D eigenvalue weighted by molar-refractivity contribution is 0.0954. The highest BCUT2D eigenvalue weighted by molar-refractivity contribution is 6.31. The zero-order valence-corrected chi connectivity index (χ0v) is 19.8. The summed E-state index contributed by atoms with van der Waals surface area (Å²) in [4.78, 5) is 16.3. The molecule has 0 aliphatic carbocycles. The van der Waals surface area contributed by atoms with Crippen LogP contribution in [0.2, 0.25) is 10.0 Å². The van der Waals surface area contributed by atoms with Crippen molar-refractivity contribution in [1.82, 2.24) is 10.3 Å². The molecule has 5 aromatic rings. The molecule has 0 aliphatic heterocycles. The van der Waals surface area contributed by atoms with Gasteiger partial charge in [0.2, 0.25) is 0 Å². The molecule has 1 aromatic heterocycles. The first-order chi connectivity index (χ1) is 16.6. The smallest absolute Gasteiger partial charge is 0.251 e. The van der Waals surface area contributed by atoms with Crippen molar-refractivity contribution in [3.63, 3.8) is 0 Å². The number of benzene rings is 4. The highest BCUT2D eigenvalue weighted by Crippen LogP contribution is 2.34. The normalized spacial score (nSPS) is 11.0. The molecule has 0 aliphatic rings. The zero-order chi connectivity index (χ0) is 23.5. The van der Waals surface area contributed by atoms with Crippen LogP contribution in [0, 0.1) is 0 Å². The molecule has 1 amide bonds. The number of halogens is 2. The molecule has 5 heteroatoms. The molecular weight excluding hydrogens is 463 g/mol. The summed E-state index contributed by atoms with van der Waals surface area (Å²) in [6.45, 7) is 0.551. The molecule has 0 fully saturated rings. The molecule has 0 unspecified atom stereocenters. The standard InChI is InChI=1S/C29H22Cl2N2O/c30-23-10-5-19(6-11-23)25-14-9-21(17-27(25)20-7-12-24(31)13-8-20)29(34)32-16-15-22-18-33-28-4-2-1-3-26(22)28/h1-14,17-18,33H,15-16H2,(H,32,34). The van der Waals surface area contributed by atoms with Crippen LogP contribution in [0.3, 0.4) is 0 Å². The lowest BCUT2D eigenvalue weighted by Gasteiger charge is -2.13. The number of carbonyl (C=O) groups excluding carboxylic acids is 1. The first-order valence-corrected chi connectivity index (χ1v) is 11.8. The second-order valence-corrected chi connectivity index (χ2v) is 9.01. The minimum Gasteiger partial charge on any atom is -0.361 e. The van der Waals surface area contributed by atoms with Gasteiger partial charge in [0.1, 0.15) is 0 Å². The molecule has 0 spiro atoms. The fourth-order valence-electron chi connectivity index (χ4n) is 4.19. The number of aromatic nitrogens is 1. The van der Waals surface area contributed by atoms with Crippen LogP contribution < -0.4 is 5.32 Å². The van der Waals surface area contributed by atoms with Crippen molar-refractivity contribution >= 4 is 40.0 Å². The summed E-state index contributed by atoms with van der Waals surface area (Å²) in [5, 5.41) is 5.61. The topological polar surface area (TPSA) is 44.9 Å². The number of fused-ring (bicyclic) bond motifs is 1. The van der Waals surface area contributed by atoms with Crippen molar-refractivity contribution in [2.75, 3.05) is 6.54 Å². The van der Waals surface area contributed by atoms with Gasteiger partial charge in [0.15, 0.2) is 0 Å². The van der Waals surface area contributed by atoms with Crippen molar-refractivity contribution in [2.24, 2.45) is 0 Å². The first-order valence-electron chi connectivity index (χ1n) is 11.1. The Morgan fingerprint density at radius 1 is 0.765 bits per heavy atom. The predicted octanol–water partition coefficient (Wildman–Crippen LogP) is 7.78. The van der Waals surface area contributed by atoms with Crippen LogP contribution in [-0.2, 0) is 6.42 Å². The Balaban J connectivity index is 1.39. The highest BCUT2D eigenvalue weighted by Gasteiger charge is 2.13. The van der Waals surface area contributed by atoms with E-state index in [0.717, 1.165) is 34.2 Å². The third-order valence-corrected chi connectivity index (χ3v) is 6.45. The van der Waals surface area contributed by atoms with Gasteiger partial charge in [-0.3, -0.25) is 4.79 Å². The largest absolute Gasteiger partial charge is 0.361 e. The number of H-pyrrole nitrogens is 1. The molecule has 3 nitrogen and oxygen atoms in total. The van der Waals surface area contributed by atoms with Gasteiger partial charge >= 0.3 is 0 Å². The number of carbonyl (C=O) groups is 1. The average Bonchev–Trinajstić information content (AvgIpc) is 3.28. The van der Waals surface area contributed by atoms with E-state index in [0.29, 0.717) is 22.2 Å². The molecule has 0 radical (unpaired) electrons. The molecule has 0 atom stereocenters. The van der Waals surface area contributed by atoms with Gasteiger partial charge in [0.05, 0.1) is 0 Å². The van der Waals surface area contributed by atoms with E-state index in [1.165, 1.54) is 10.9 Å². The number of para-hydroxylation sites is 1.